The van der Waals surface area contributed by atoms with Crippen LogP contribution in [0.4, 0.5) is 0 Å². The van der Waals surface area contributed by atoms with Crippen molar-refractivity contribution in [2.75, 3.05) is 26.3 Å². The van der Waals surface area contributed by atoms with Gasteiger partial charge in [-0.2, -0.15) is 4.98 Å². The third-order valence-corrected chi connectivity index (χ3v) is 4.15. The van der Waals surface area contributed by atoms with E-state index in [-0.39, 0.29) is 24.4 Å². The van der Waals surface area contributed by atoms with Crippen molar-refractivity contribution in [3.8, 4) is 11.5 Å². The van der Waals surface area contributed by atoms with Gasteiger partial charge in [0.15, 0.2) is 5.82 Å². The van der Waals surface area contributed by atoms with Crippen LogP contribution in [0.15, 0.2) is 28.8 Å². The van der Waals surface area contributed by atoms with Crippen LogP contribution in [-0.4, -0.2) is 48.4 Å². The summed E-state index contributed by atoms with van der Waals surface area (Å²) in [5.41, 5.74) is 2.06. The van der Waals surface area contributed by atoms with E-state index >= 15 is 0 Å². The molecule has 0 radical (unpaired) electrons. The summed E-state index contributed by atoms with van der Waals surface area (Å²) >= 11 is 0. The van der Waals surface area contributed by atoms with Crippen LogP contribution in [0, 0.1) is 0 Å². The average molecular weight is 381 g/mol. The van der Waals surface area contributed by atoms with E-state index in [4.69, 9.17) is 9.26 Å². The molecule has 2 aromatic rings. The van der Waals surface area contributed by atoms with Crippen LogP contribution < -0.4 is 10.6 Å². The molecule has 0 spiro atoms. The van der Waals surface area contributed by atoms with Gasteiger partial charge in [-0.3, -0.25) is 4.79 Å². The maximum Gasteiger partial charge on any atom is 0.257 e. The van der Waals surface area contributed by atoms with E-state index in [1.165, 1.54) is 0 Å². The number of halogens is 1. The maximum absolute atomic E-state index is 11.9. The van der Waals surface area contributed by atoms with Crippen molar-refractivity contribution in [2.24, 2.45) is 0 Å². The number of ether oxygens (including phenoxy) is 1. The van der Waals surface area contributed by atoms with Crippen LogP contribution in [0.1, 0.15) is 24.7 Å². The number of aryl methyl sites for hydroxylation is 1. The Kier molecular flexibility index (Phi) is 8.03. The number of rotatable bonds is 7. The van der Waals surface area contributed by atoms with E-state index in [0.29, 0.717) is 31.3 Å². The second kappa shape index (κ2) is 10.3. The Bertz CT molecular complexity index is 684. The number of carbonyl (C=O) groups excluding carboxylic acids is 1. The number of amides is 1. The first-order chi connectivity index (χ1) is 12.2. The number of hydrogen-bond donors (Lipinski definition) is 2. The van der Waals surface area contributed by atoms with Crippen LogP contribution in [0.3, 0.4) is 0 Å². The molecular formula is C18H25ClN4O3. The summed E-state index contributed by atoms with van der Waals surface area (Å²) in [5, 5.41) is 10.1. The Balaban J connectivity index is 0.00000243. The SMILES string of the molecule is CCc1noc(-c2ccc(CCNC(=O)CC3COCCN3)cc2)n1.Cl. The van der Waals surface area contributed by atoms with E-state index in [0.717, 1.165) is 37.1 Å². The molecule has 2 heterocycles. The topological polar surface area (TPSA) is 89.3 Å². The van der Waals surface area contributed by atoms with Crippen LogP contribution >= 0.6 is 12.4 Å². The first kappa shape index (κ1) is 20.4. The van der Waals surface area contributed by atoms with Gasteiger partial charge in [-0.15, -0.1) is 12.4 Å². The third kappa shape index (κ3) is 5.79. The van der Waals surface area contributed by atoms with Gasteiger partial charge in [-0.25, -0.2) is 0 Å². The molecular weight excluding hydrogens is 356 g/mol. The molecule has 0 bridgehead atoms. The zero-order valence-corrected chi connectivity index (χ0v) is 15.7. The van der Waals surface area contributed by atoms with Crippen molar-refractivity contribution in [3.05, 3.63) is 35.7 Å². The van der Waals surface area contributed by atoms with E-state index < -0.39 is 0 Å². The van der Waals surface area contributed by atoms with Crippen molar-refractivity contribution in [2.45, 2.75) is 32.2 Å². The van der Waals surface area contributed by atoms with Crippen molar-refractivity contribution in [3.63, 3.8) is 0 Å². The molecule has 1 unspecified atom stereocenters. The fourth-order valence-corrected chi connectivity index (χ4v) is 2.72. The summed E-state index contributed by atoms with van der Waals surface area (Å²) in [4.78, 5) is 16.3. The molecule has 3 rings (SSSR count). The lowest BCUT2D eigenvalue weighted by atomic mass is 10.1. The first-order valence-corrected chi connectivity index (χ1v) is 8.74. The highest BCUT2D eigenvalue weighted by Gasteiger charge is 2.16. The van der Waals surface area contributed by atoms with Crippen LogP contribution in [0.25, 0.3) is 11.5 Å². The molecule has 2 N–H and O–H groups in total. The minimum atomic E-state index is 0. The van der Waals surface area contributed by atoms with Crippen LogP contribution in [0.2, 0.25) is 0 Å². The van der Waals surface area contributed by atoms with Gasteiger partial charge in [-0.1, -0.05) is 24.2 Å². The minimum Gasteiger partial charge on any atom is -0.378 e. The summed E-state index contributed by atoms with van der Waals surface area (Å²) in [7, 11) is 0. The molecule has 26 heavy (non-hydrogen) atoms. The maximum atomic E-state index is 11.9. The van der Waals surface area contributed by atoms with E-state index in [9.17, 15) is 4.79 Å². The Morgan fingerprint density at radius 2 is 2.15 bits per heavy atom. The lowest BCUT2D eigenvalue weighted by molar-refractivity contribution is -0.122. The second-order valence-electron chi connectivity index (χ2n) is 6.10. The number of nitrogens with zero attached hydrogens (tertiary/aromatic N) is 2. The van der Waals surface area contributed by atoms with Gasteiger partial charge >= 0.3 is 0 Å². The summed E-state index contributed by atoms with van der Waals surface area (Å²) < 4.78 is 10.6. The first-order valence-electron chi connectivity index (χ1n) is 8.74. The molecule has 1 atom stereocenters. The average Bonchev–Trinajstić information content (AvgIpc) is 3.12. The molecule has 142 valence electrons. The largest absolute Gasteiger partial charge is 0.378 e. The Morgan fingerprint density at radius 3 is 2.81 bits per heavy atom. The number of aromatic nitrogens is 2. The zero-order chi connectivity index (χ0) is 17.5. The van der Waals surface area contributed by atoms with Gasteiger partial charge in [0.05, 0.1) is 13.2 Å². The molecule has 1 aromatic heterocycles. The molecule has 1 aliphatic rings. The Labute approximate surface area is 159 Å². The molecule has 1 aromatic carbocycles. The van der Waals surface area contributed by atoms with Gasteiger partial charge in [0, 0.05) is 37.5 Å². The van der Waals surface area contributed by atoms with Gasteiger partial charge in [0.25, 0.3) is 5.89 Å². The Hall–Kier alpha value is -1.96. The standard InChI is InChI=1S/C18H24N4O3.ClH/c1-2-16-21-18(25-22-16)14-5-3-13(4-6-14)7-8-20-17(23)11-15-12-24-10-9-19-15;/h3-6,15,19H,2,7-12H2,1H3,(H,20,23);1H. The number of hydrogen-bond acceptors (Lipinski definition) is 6. The molecule has 0 aliphatic carbocycles. The van der Waals surface area contributed by atoms with Crippen molar-refractivity contribution in [1.82, 2.24) is 20.8 Å². The van der Waals surface area contributed by atoms with Crippen molar-refractivity contribution < 1.29 is 14.1 Å². The number of carbonyl (C=O) groups is 1. The normalized spacial score (nSPS) is 16.7. The molecule has 8 heteroatoms. The van der Waals surface area contributed by atoms with E-state index in [1.54, 1.807) is 0 Å². The number of benzene rings is 1. The van der Waals surface area contributed by atoms with Gasteiger partial charge < -0.3 is 19.9 Å². The van der Waals surface area contributed by atoms with Gasteiger partial charge in [-0.05, 0) is 24.1 Å². The monoisotopic (exact) mass is 380 g/mol. The smallest absolute Gasteiger partial charge is 0.257 e. The van der Waals surface area contributed by atoms with Gasteiger partial charge in [0.1, 0.15) is 0 Å². The second-order valence-corrected chi connectivity index (χ2v) is 6.10. The highest BCUT2D eigenvalue weighted by atomic mass is 35.5. The predicted molar refractivity (Wildman–Crippen MR) is 100 cm³/mol. The summed E-state index contributed by atoms with van der Waals surface area (Å²) in [6.07, 6.45) is 1.99. The lowest BCUT2D eigenvalue weighted by Gasteiger charge is -2.23. The van der Waals surface area contributed by atoms with Crippen LogP contribution in [-0.2, 0) is 22.4 Å². The lowest BCUT2D eigenvalue weighted by Crippen LogP contribution is -2.44. The molecule has 1 fully saturated rings. The van der Waals surface area contributed by atoms with Crippen molar-refractivity contribution in [1.29, 1.82) is 0 Å². The Morgan fingerprint density at radius 1 is 1.35 bits per heavy atom. The van der Waals surface area contributed by atoms with Crippen LogP contribution in [0.5, 0.6) is 0 Å². The highest BCUT2D eigenvalue weighted by Crippen LogP contribution is 2.18. The minimum absolute atomic E-state index is 0. The molecule has 7 nitrogen and oxygen atoms in total. The molecule has 1 saturated heterocycles. The van der Waals surface area contributed by atoms with E-state index in [1.807, 2.05) is 31.2 Å². The fourth-order valence-electron chi connectivity index (χ4n) is 2.72. The predicted octanol–water partition coefficient (Wildman–Crippen LogP) is 1.76. The number of morpholine rings is 1. The summed E-state index contributed by atoms with van der Waals surface area (Å²) in [6.45, 7) is 4.74. The summed E-state index contributed by atoms with van der Waals surface area (Å²) in [6, 6.07) is 8.10. The van der Waals surface area contributed by atoms with Gasteiger partial charge in [0.2, 0.25) is 5.91 Å². The fraction of sp³-hybridized carbons (Fsp3) is 0.500. The molecule has 0 saturated carbocycles. The third-order valence-electron chi connectivity index (χ3n) is 4.15. The van der Waals surface area contributed by atoms with Crippen molar-refractivity contribution >= 4 is 18.3 Å². The van der Waals surface area contributed by atoms with E-state index in [2.05, 4.69) is 20.8 Å². The highest BCUT2D eigenvalue weighted by molar-refractivity contribution is 5.85. The molecule has 1 aliphatic heterocycles. The quantitative estimate of drug-likeness (QED) is 0.760. The molecule has 1 amide bonds. The number of nitrogens with one attached hydrogen (secondary N) is 2. The zero-order valence-electron chi connectivity index (χ0n) is 14.9. The summed E-state index contributed by atoms with van der Waals surface area (Å²) in [5.74, 6) is 1.30.